The second-order valence-corrected chi connectivity index (χ2v) is 10.1. The van der Waals surface area contributed by atoms with Crippen LogP contribution in [0.25, 0.3) is 44.3 Å². The van der Waals surface area contributed by atoms with Gasteiger partial charge >= 0.3 is 0 Å². The van der Waals surface area contributed by atoms with Gasteiger partial charge in [-0.15, -0.1) is 0 Å². The molecule has 180 valence electrons. The molecule has 1 saturated carbocycles. The zero-order valence-corrected chi connectivity index (χ0v) is 20.2. The number of nitrogens with zero attached hydrogens (tertiary/aromatic N) is 4. The molecular formula is C29H29N7. The molecule has 1 aliphatic carbocycles. The first kappa shape index (κ1) is 21.2. The molecule has 7 nitrogen and oxygen atoms in total. The van der Waals surface area contributed by atoms with E-state index in [1.165, 1.54) is 43.2 Å². The number of pyridine rings is 2. The molecule has 2 aliphatic rings. The van der Waals surface area contributed by atoms with E-state index < -0.39 is 0 Å². The molecule has 5 heterocycles. The summed E-state index contributed by atoms with van der Waals surface area (Å²) in [6.07, 6.45) is 13.9. The number of nitrogens with one attached hydrogen (secondary N) is 3. The van der Waals surface area contributed by atoms with Gasteiger partial charge in [0, 0.05) is 41.3 Å². The van der Waals surface area contributed by atoms with Crippen molar-refractivity contribution in [1.29, 1.82) is 0 Å². The lowest BCUT2D eigenvalue weighted by Crippen LogP contribution is -2.29. The van der Waals surface area contributed by atoms with Gasteiger partial charge in [0.1, 0.15) is 5.69 Å². The van der Waals surface area contributed by atoms with Crippen LogP contribution in [0.3, 0.4) is 0 Å². The maximum absolute atomic E-state index is 4.69. The maximum Gasteiger partial charge on any atom is 0.116 e. The predicted molar refractivity (Wildman–Crippen MR) is 146 cm³/mol. The van der Waals surface area contributed by atoms with Crippen molar-refractivity contribution in [1.82, 2.24) is 25.1 Å². The molecule has 7 rings (SSSR count). The summed E-state index contributed by atoms with van der Waals surface area (Å²) < 4.78 is 0. The number of rotatable bonds is 6. The Morgan fingerprint density at radius 1 is 0.889 bits per heavy atom. The normalized spacial score (nSPS) is 16.1. The van der Waals surface area contributed by atoms with Crippen LogP contribution in [-0.4, -0.2) is 38.2 Å². The van der Waals surface area contributed by atoms with Gasteiger partial charge in [0.25, 0.3) is 0 Å². The van der Waals surface area contributed by atoms with Crippen molar-refractivity contribution in [2.24, 2.45) is 5.92 Å². The van der Waals surface area contributed by atoms with E-state index in [9.17, 15) is 0 Å². The van der Waals surface area contributed by atoms with E-state index in [4.69, 9.17) is 5.10 Å². The quantitative estimate of drug-likeness (QED) is 0.261. The number of hydrogen-bond donors (Lipinski definition) is 3. The molecule has 0 radical (unpaired) electrons. The SMILES string of the molecule is C=C(Nc1cncc(-c2ccc3[nH]nc(-c4cc5c(N6CCCCC6)cncc5[nH]4)c3c2)c1)C1CC1. The van der Waals surface area contributed by atoms with Gasteiger partial charge in [-0.1, -0.05) is 12.6 Å². The summed E-state index contributed by atoms with van der Waals surface area (Å²) in [7, 11) is 0. The average Bonchev–Trinajstić information content (AvgIpc) is 3.55. The van der Waals surface area contributed by atoms with Gasteiger partial charge in [0.05, 0.1) is 46.7 Å². The van der Waals surface area contributed by atoms with Crippen LogP contribution in [0.1, 0.15) is 32.1 Å². The highest BCUT2D eigenvalue weighted by molar-refractivity contribution is 6.00. The molecule has 0 spiro atoms. The van der Waals surface area contributed by atoms with Crippen LogP contribution in [0.5, 0.6) is 0 Å². The number of H-pyrrole nitrogens is 2. The molecule has 1 saturated heterocycles. The highest BCUT2D eigenvalue weighted by atomic mass is 15.1. The topological polar surface area (TPSA) is 85.5 Å². The summed E-state index contributed by atoms with van der Waals surface area (Å²) in [6, 6.07) is 10.8. The first-order valence-corrected chi connectivity index (χ1v) is 12.8. The fourth-order valence-corrected chi connectivity index (χ4v) is 5.33. The van der Waals surface area contributed by atoms with Crippen molar-refractivity contribution in [3.63, 3.8) is 0 Å². The zero-order chi connectivity index (χ0) is 24.1. The third kappa shape index (κ3) is 3.81. The molecule has 0 unspecified atom stereocenters. The molecule has 7 heteroatoms. The summed E-state index contributed by atoms with van der Waals surface area (Å²) in [6.45, 7) is 6.36. The van der Waals surface area contributed by atoms with Crippen molar-refractivity contribution < 1.29 is 0 Å². The maximum atomic E-state index is 4.69. The minimum Gasteiger partial charge on any atom is -0.370 e. The minimum absolute atomic E-state index is 0.598. The standard InChI is InChI=1S/C29H29N7/c1-18(19-5-6-19)32-22-11-21(14-30-15-22)20-7-8-25-24(12-20)29(35-34-25)26-13-23-27(33-26)16-31-17-28(23)36-9-3-2-4-10-36/h7-8,11-17,19,32-33H,1-6,9-10H2,(H,34,35). The smallest absolute Gasteiger partial charge is 0.116 e. The number of aromatic amines is 2. The summed E-state index contributed by atoms with van der Waals surface area (Å²) in [4.78, 5) is 15.0. The number of fused-ring (bicyclic) bond motifs is 2. The number of hydrogen-bond acceptors (Lipinski definition) is 5. The Morgan fingerprint density at radius 3 is 2.61 bits per heavy atom. The molecule has 0 bridgehead atoms. The third-order valence-electron chi connectivity index (χ3n) is 7.49. The van der Waals surface area contributed by atoms with Crippen LogP contribution in [0, 0.1) is 5.92 Å². The first-order valence-electron chi connectivity index (χ1n) is 12.8. The number of piperidine rings is 1. The van der Waals surface area contributed by atoms with E-state index in [-0.39, 0.29) is 0 Å². The lowest BCUT2D eigenvalue weighted by molar-refractivity contribution is 0.578. The number of allylic oxidation sites excluding steroid dienone is 1. The second-order valence-electron chi connectivity index (χ2n) is 10.1. The van der Waals surface area contributed by atoms with E-state index in [0.29, 0.717) is 5.92 Å². The predicted octanol–water partition coefficient (Wildman–Crippen LogP) is 6.49. The number of aromatic nitrogens is 5. The highest BCUT2D eigenvalue weighted by Crippen LogP contribution is 2.37. The van der Waals surface area contributed by atoms with E-state index in [1.807, 2.05) is 24.8 Å². The largest absolute Gasteiger partial charge is 0.370 e. The molecule has 5 aromatic rings. The Kier molecular flexibility index (Phi) is 5.01. The van der Waals surface area contributed by atoms with Crippen LogP contribution in [0.4, 0.5) is 11.4 Å². The minimum atomic E-state index is 0.598. The van der Waals surface area contributed by atoms with Gasteiger partial charge in [0.2, 0.25) is 0 Å². The monoisotopic (exact) mass is 475 g/mol. The molecule has 36 heavy (non-hydrogen) atoms. The third-order valence-corrected chi connectivity index (χ3v) is 7.49. The molecule has 1 aliphatic heterocycles. The average molecular weight is 476 g/mol. The highest BCUT2D eigenvalue weighted by Gasteiger charge is 2.24. The Morgan fingerprint density at radius 2 is 1.75 bits per heavy atom. The fourth-order valence-electron chi connectivity index (χ4n) is 5.33. The van der Waals surface area contributed by atoms with E-state index in [2.05, 4.69) is 67.2 Å². The molecular weight excluding hydrogens is 446 g/mol. The van der Waals surface area contributed by atoms with Gasteiger partial charge in [-0.05, 0) is 67.9 Å². The van der Waals surface area contributed by atoms with Gasteiger partial charge in [-0.2, -0.15) is 5.10 Å². The summed E-state index contributed by atoms with van der Waals surface area (Å²) in [5, 5.41) is 13.6. The zero-order valence-electron chi connectivity index (χ0n) is 20.2. The van der Waals surface area contributed by atoms with Gasteiger partial charge in [-0.3, -0.25) is 15.1 Å². The number of benzene rings is 1. The van der Waals surface area contributed by atoms with E-state index in [1.54, 1.807) is 0 Å². The Bertz CT molecular complexity index is 1580. The molecule has 0 amide bonds. The van der Waals surface area contributed by atoms with Crippen molar-refractivity contribution >= 4 is 33.2 Å². The first-order chi connectivity index (χ1) is 17.7. The molecule has 4 aromatic heterocycles. The summed E-state index contributed by atoms with van der Waals surface area (Å²) in [5.41, 5.74) is 9.38. The van der Waals surface area contributed by atoms with Gasteiger partial charge < -0.3 is 15.2 Å². The number of anilines is 2. The molecule has 0 atom stereocenters. The van der Waals surface area contributed by atoms with Crippen molar-refractivity contribution in [3.8, 4) is 22.5 Å². The van der Waals surface area contributed by atoms with Crippen molar-refractivity contribution in [2.45, 2.75) is 32.1 Å². The fraction of sp³-hybridized carbons (Fsp3) is 0.276. The second kappa shape index (κ2) is 8.52. The van der Waals surface area contributed by atoms with Gasteiger partial charge in [0.15, 0.2) is 0 Å². The van der Waals surface area contributed by atoms with Crippen molar-refractivity contribution in [2.75, 3.05) is 23.3 Å². The summed E-state index contributed by atoms with van der Waals surface area (Å²) in [5.74, 6) is 0.598. The molecule has 3 N–H and O–H groups in total. The Hall–Kier alpha value is -4.13. The molecule has 2 fully saturated rings. The van der Waals surface area contributed by atoms with Crippen molar-refractivity contribution in [3.05, 3.63) is 67.4 Å². The van der Waals surface area contributed by atoms with E-state index in [0.717, 1.165) is 63.4 Å². The lowest BCUT2D eigenvalue weighted by atomic mass is 10.0. The van der Waals surface area contributed by atoms with Gasteiger partial charge in [-0.25, -0.2) is 0 Å². The molecule has 1 aromatic carbocycles. The van der Waals surface area contributed by atoms with Crippen LogP contribution in [0.2, 0.25) is 0 Å². The van der Waals surface area contributed by atoms with Crippen LogP contribution in [-0.2, 0) is 0 Å². The van der Waals surface area contributed by atoms with E-state index >= 15 is 0 Å². The Labute approximate surface area is 209 Å². The van der Waals surface area contributed by atoms with Crippen LogP contribution < -0.4 is 10.2 Å². The Balaban J connectivity index is 1.25. The van der Waals surface area contributed by atoms with Crippen LogP contribution in [0.15, 0.2) is 67.4 Å². The van der Waals surface area contributed by atoms with Crippen LogP contribution >= 0.6 is 0 Å². The summed E-state index contributed by atoms with van der Waals surface area (Å²) >= 11 is 0. The lowest BCUT2D eigenvalue weighted by Gasteiger charge is -2.28.